The highest BCUT2D eigenvalue weighted by atomic mass is 32.2. The summed E-state index contributed by atoms with van der Waals surface area (Å²) in [5.74, 6) is 0.662. The number of para-hydroxylation sites is 2. The van der Waals surface area contributed by atoms with Gasteiger partial charge in [0.05, 0.1) is 28.1 Å². The normalized spacial score (nSPS) is 11.2. The van der Waals surface area contributed by atoms with Crippen molar-refractivity contribution in [2.75, 3.05) is 0 Å². The Hall–Kier alpha value is -2.80. The Morgan fingerprint density at radius 2 is 1.73 bits per heavy atom. The summed E-state index contributed by atoms with van der Waals surface area (Å²) in [6, 6.07) is 14.2. The summed E-state index contributed by atoms with van der Waals surface area (Å²) in [6.07, 6.45) is 0. The van der Waals surface area contributed by atoms with Crippen LogP contribution < -0.4 is 0 Å². The van der Waals surface area contributed by atoms with E-state index in [1.54, 1.807) is 16.4 Å². The Morgan fingerprint density at radius 3 is 2.50 bits per heavy atom. The Labute approximate surface area is 155 Å². The molecule has 0 bridgehead atoms. The summed E-state index contributed by atoms with van der Waals surface area (Å²) in [4.78, 5) is 9.39. The van der Waals surface area contributed by atoms with Gasteiger partial charge in [0.15, 0.2) is 0 Å². The standard InChI is InChI=1S/C19H18N6S/c1-12-8-9-18(13(2)10-12)25-19(22-23-24-25)26-11-17-14(3)20-15-6-4-5-7-16(15)21-17/h4-10H,11H2,1-3H3. The van der Waals surface area contributed by atoms with Crippen LogP contribution in [0.1, 0.15) is 22.5 Å². The molecular weight excluding hydrogens is 344 g/mol. The zero-order valence-electron chi connectivity index (χ0n) is 14.8. The number of fused-ring (bicyclic) bond motifs is 1. The molecule has 2 aromatic carbocycles. The molecule has 0 aliphatic carbocycles. The molecule has 26 heavy (non-hydrogen) atoms. The van der Waals surface area contributed by atoms with Gasteiger partial charge in [-0.25, -0.2) is 9.97 Å². The van der Waals surface area contributed by atoms with Gasteiger partial charge in [-0.1, -0.05) is 41.6 Å². The van der Waals surface area contributed by atoms with Crippen LogP contribution in [0.25, 0.3) is 16.7 Å². The van der Waals surface area contributed by atoms with Crippen LogP contribution in [0.5, 0.6) is 0 Å². The second-order valence-corrected chi connectivity index (χ2v) is 7.14. The molecule has 0 N–H and O–H groups in total. The van der Waals surface area contributed by atoms with Gasteiger partial charge in [0.1, 0.15) is 0 Å². The van der Waals surface area contributed by atoms with Crippen molar-refractivity contribution in [1.82, 2.24) is 30.2 Å². The molecule has 0 radical (unpaired) electrons. The van der Waals surface area contributed by atoms with Crippen LogP contribution in [-0.4, -0.2) is 30.2 Å². The Kier molecular flexibility index (Phi) is 4.38. The van der Waals surface area contributed by atoms with Crippen molar-refractivity contribution in [3.63, 3.8) is 0 Å². The summed E-state index contributed by atoms with van der Waals surface area (Å²) >= 11 is 1.56. The van der Waals surface area contributed by atoms with Crippen molar-refractivity contribution in [2.45, 2.75) is 31.7 Å². The van der Waals surface area contributed by atoms with Crippen LogP contribution >= 0.6 is 11.8 Å². The first-order valence-electron chi connectivity index (χ1n) is 8.33. The quantitative estimate of drug-likeness (QED) is 0.514. The van der Waals surface area contributed by atoms with Gasteiger partial charge >= 0.3 is 0 Å². The van der Waals surface area contributed by atoms with Gasteiger partial charge in [0, 0.05) is 5.75 Å². The number of thioether (sulfide) groups is 1. The first-order chi connectivity index (χ1) is 12.6. The third-order valence-corrected chi connectivity index (χ3v) is 5.13. The number of hydrogen-bond donors (Lipinski definition) is 0. The Bertz CT molecular complexity index is 1090. The van der Waals surface area contributed by atoms with Crippen molar-refractivity contribution in [1.29, 1.82) is 0 Å². The minimum Gasteiger partial charge on any atom is -0.250 e. The molecule has 7 heteroatoms. The van der Waals surface area contributed by atoms with Gasteiger partial charge < -0.3 is 0 Å². The number of aromatic nitrogens is 6. The first kappa shape index (κ1) is 16.7. The number of hydrogen-bond acceptors (Lipinski definition) is 6. The smallest absolute Gasteiger partial charge is 0.214 e. The molecule has 6 nitrogen and oxygen atoms in total. The maximum absolute atomic E-state index is 4.74. The second kappa shape index (κ2) is 6.84. The van der Waals surface area contributed by atoms with Gasteiger partial charge in [0.25, 0.3) is 0 Å². The molecule has 0 spiro atoms. The zero-order chi connectivity index (χ0) is 18.1. The second-order valence-electron chi connectivity index (χ2n) is 6.20. The number of rotatable bonds is 4. The summed E-state index contributed by atoms with van der Waals surface area (Å²) < 4.78 is 1.78. The molecule has 0 saturated carbocycles. The molecule has 130 valence electrons. The topological polar surface area (TPSA) is 69.4 Å². The maximum Gasteiger partial charge on any atom is 0.214 e. The van der Waals surface area contributed by atoms with Crippen LogP contribution in [0.15, 0.2) is 47.6 Å². The van der Waals surface area contributed by atoms with E-state index < -0.39 is 0 Å². The molecule has 0 unspecified atom stereocenters. The number of aryl methyl sites for hydroxylation is 3. The average molecular weight is 362 g/mol. The van der Waals surface area contributed by atoms with Crippen LogP contribution in [0.3, 0.4) is 0 Å². The molecular formula is C19H18N6S. The lowest BCUT2D eigenvalue weighted by Crippen LogP contribution is -2.03. The lowest BCUT2D eigenvalue weighted by atomic mass is 10.1. The van der Waals surface area contributed by atoms with E-state index in [1.165, 1.54) is 5.56 Å². The summed E-state index contributed by atoms with van der Waals surface area (Å²) in [7, 11) is 0. The summed E-state index contributed by atoms with van der Waals surface area (Å²) in [6.45, 7) is 6.13. The third-order valence-electron chi connectivity index (χ3n) is 4.20. The molecule has 2 aromatic heterocycles. The van der Waals surface area contributed by atoms with E-state index >= 15 is 0 Å². The number of benzene rings is 2. The Balaban J connectivity index is 1.62. The van der Waals surface area contributed by atoms with E-state index in [4.69, 9.17) is 4.98 Å². The van der Waals surface area contributed by atoms with E-state index in [0.717, 1.165) is 38.8 Å². The van der Waals surface area contributed by atoms with Crippen molar-refractivity contribution in [2.24, 2.45) is 0 Å². The largest absolute Gasteiger partial charge is 0.250 e. The highest BCUT2D eigenvalue weighted by Gasteiger charge is 2.13. The SMILES string of the molecule is Cc1ccc(-n2nnnc2SCc2nc3ccccc3nc2C)c(C)c1. The van der Waals surface area contributed by atoms with Crippen molar-refractivity contribution in [3.8, 4) is 5.69 Å². The monoisotopic (exact) mass is 362 g/mol. The van der Waals surface area contributed by atoms with Crippen LogP contribution in [0.4, 0.5) is 0 Å². The van der Waals surface area contributed by atoms with Crippen LogP contribution in [0, 0.1) is 20.8 Å². The highest BCUT2D eigenvalue weighted by Crippen LogP contribution is 2.25. The summed E-state index contributed by atoms with van der Waals surface area (Å²) in [5.41, 5.74) is 7.05. The van der Waals surface area contributed by atoms with Gasteiger partial charge in [-0.2, -0.15) is 4.68 Å². The van der Waals surface area contributed by atoms with Crippen molar-refractivity contribution >= 4 is 22.8 Å². The van der Waals surface area contributed by atoms with Crippen LogP contribution in [0.2, 0.25) is 0 Å². The van der Waals surface area contributed by atoms with Crippen LogP contribution in [-0.2, 0) is 5.75 Å². The third kappa shape index (κ3) is 3.17. The molecule has 0 atom stereocenters. The lowest BCUT2D eigenvalue weighted by Gasteiger charge is -2.09. The lowest BCUT2D eigenvalue weighted by molar-refractivity contribution is 0.751. The molecule has 0 saturated heterocycles. The average Bonchev–Trinajstić information content (AvgIpc) is 3.08. The Morgan fingerprint density at radius 1 is 0.962 bits per heavy atom. The van der Waals surface area contributed by atoms with E-state index in [1.807, 2.05) is 37.3 Å². The van der Waals surface area contributed by atoms with Gasteiger partial charge in [-0.05, 0) is 55.0 Å². The van der Waals surface area contributed by atoms with Crippen molar-refractivity contribution in [3.05, 3.63) is 65.0 Å². The zero-order valence-corrected chi connectivity index (χ0v) is 15.7. The van der Waals surface area contributed by atoms with Gasteiger partial charge in [0.2, 0.25) is 5.16 Å². The predicted octanol–water partition coefficient (Wildman–Crippen LogP) is 3.82. The first-order valence-corrected chi connectivity index (χ1v) is 9.31. The summed E-state index contributed by atoms with van der Waals surface area (Å²) in [5, 5.41) is 12.9. The minimum atomic E-state index is 0.662. The van der Waals surface area contributed by atoms with Gasteiger partial charge in [-0.3, -0.25) is 0 Å². The number of nitrogens with zero attached hydrogens (tertiary/aromatic N) is 6. The van der Waals surface area contributed by atoms with Crippen molar-refractivity contribution < 1.29 is 0 Å². The van der Waals surface area contributed by atoms with E-state index in [9.17, 15) is 0 Å². The minimum absolute atomic E-state index is 0.662. The van der Waals surface area contributed by atoms with E-state index in [2.05, 4.69) is 46.5 Å². The highest BCUT2D eigenvalue weighted by molar-refractivity contribution is 7.98. The fourth-order valence-electron chi connectivity index (χ4n) is 2.86. The molecule has 0 aliphatic heterocycles. The predicted molar refractivity (Wildman–Crippen MR) is 102 cm³/mol. The molecule has 4 aromatic rings. The molecule has 0 aliphatic rings. The van der Waals surface area contributed by atoms with E-state index in [-0.39, 0.29) is 0 Å². The molecule has 4 rings (SSSR count). The van der Waals surface area contributed by atoms with Gasteiger partial charge in [-0.15, -0.1) is 5.10 Å². The molecule has 2 heterocycles. The number of tetrazole rings is 1. The fraction of sp³-hybridized carbons (Fsp3) is 0.211. The van der Waals surface area contributed by atoms with E-state index in [0.29, 0.717) is 5.75 Å². The molecule has 0 fully saturated rings. The fourth-order valence-corrected chi connectivity index (χ4v) is 3.75. The maximum atomic E-state index is 4.74. The molecule has 0 amide bonds.